The van der Waals surface area contributed by atoms with Gasteiger partial charge in [0.05, 0.1) is 18.2 Å². The number of nitrogens with one attached hydrogen (secondary N) is 1. The van der Waals surface area contributed by atoms with E-state index in [1.54, 1.807) is 24.3 Å². The second-order valence-electron chi connectivity index (χ2n) is 5.68. The molecular formula is C19H17N3O3S. The molecule has 6 nitrogen and oxygen atoms in total. The van der Waals surface area contributed by atoms with Gasteiger partial charge in [-0.3, -0.25) is 10.1 Å². The van der Waals surface area contributed by atoms with Gasteiger partial charge in [-0.2, -0.15) is 5.26 Å². The number of carbonyl (C=O) groups excluding carboxylic acids is 1. The first kappa shape index (κ1) is 17.7. The lowest BCUT2D eigenvalue weighted by Gasteiger charge is -2.06. The van der Waals surface area contributed by atoms with Crippen molar-refractivity contribution < 1.29 is 13.9 Å². The smallest absolute Gasteiger partial charge is 0.264 e. The van der Waals surface area contributed by atoms with Gasteiger partial charge in [0.2, 0.25) is 0 Å². The number of carbonyl (C=O) groups is 1. The van der Waals surface area contributed by atoms with Gasteiger partial charge < -0.3 is 9.15 Å². The number of hydrogen-bond donors (Lipinski definition) is 1. The first-order chi connectivity index (χ1) is 12.5. The number of nitriles is 1. The molecule has 0 fully saturated rings. The molecule has 0 bridgehead atoms. The standard InChI is InChI=1S/C19H17N3O3S/c1-12-9-16(13(2)25-12)17-11-26-19(21-17)22-18(23)10-24-15-5-3-14(4-6-15)7-8-20/h3-6,9,11H,7,10H2,1-2H3,(H,21,22,23). The zero-order chi connectivity index (χ0) is 18.5. The maximum Gasteiger partial charge on any atom is 0.264 e. The average Bonchev–Trinajstić information content (AvgIpc) is 3.20. The zero-order valence-electron chi connectivity index (χ0n) is 14.4. The minimum absolute atomic E-state index is 0.115. The lowest BCUT2D eigenvalue weighted by molar-refractivity contribution is -0.118. The Labute approximate surface area is 155 Å². The summed E-state index contributed by atoms with van der Waals surface area (Å²) in [6, 6.07) is 11.1. The summed E-state index contributed by atoms with van der Waals surface area (Å²) in [5, 5.41) is 13.8. The highest BCUT2D eigenvalue weighted by Crippen LogP contribution is 2.29. The molecule has 7 heteroatoms. The number of aryl methyl sites for hydroxylation is 2. The topological polar surface area (TPSA) is 88.1 Å². The zero-order valence-corrected chi connectivity index (χ0v) is 15.2. The van der Waals surface area contributed by atoms with Crippen molar-refractivity contribution in [3.63, 3.8) is 0 Å². The Morgan fingerprint density at radius 3 is 2.77 bits per heavy atom. The van der Waals surface area contributed by atoms with Crippen LogP contribution in [0.5, 0.6) is 5.75 Å². The summed E-state index contributed by atoms with van der Waals surface area (Å²) in [5.74, 6) is 1.91. The van der Waals surface area contributed by atoms with Crippen molar-refractivity contribution in [3.8, 4) is 23.1 Å². The predicted molar refractivity (Wildman–Crippen MR) is 99.2 cm³/mol. The van der Waals surface area contributed by atoms with Crippen molar-refractivity contribution in [2.75, 3.05) is 11.9 Å². The van der Waals surface area contributed by atoms with E-state index >= 15 is 0 Å². The first-order valence-electron chi connectivity index (χ1n) is 7.96. The molecule has 0 atom stereocenters. The molecule has 1 N–H and O–H groups in total. The van der Waals surface area contributed by atoms with Gasteiger partial charge in [-0.15, -0.1) is 11.3 Å². The molecule has 26 heavy (non-hydrogen) atoms. The first-order valence-corrected chi connectivity index (χ1v) is 8.84. The van der Waals surface area contributed by atoms with Gasteiger partial charge in [-0.25, -0.2) is 4.98 Å². The summed E-state index contributed by atoms with van der Waals surface area (Å²) < 4.78 is 11.0. The highest BCUT2D eigenvalue weighted by molar-refractivity contribution is 7.14. The van der Waals surface area contributed by atoms with Crippen LogP contribution in [0.15, 0.2) is 40.1 Å². The number of thiazole rings is 1. The van der Waals surface area contributed by atoms with Gasteiger partial charge in [0.1, 0.15) is 17.3 Å². The molecule has 2 aromatic heterocycles. The van der Waals surface area contributed by atoms with E-state index in [0.29, 0.717) is 17.3 Å². The summed E-state index contributed by atoms with van der Waals surface area (Å²) in [5.41, 5.74) is 2.60. The Balaban J connectivity index is 1.55. The normalized spacial score (nSPS) is 10.3. The SMILES string of the molecule is Cc1cc(-c2csc(NC(=O)COc3ccc(CC#N)cc3)n2)c(C)o1. The Kier molecular flexibility index (Phi) is 5.34. The number of rotatable bonds is 6. The third-order valence-electron chi connectivity index (χ3n) is 3.64. The van der Waals surface area contributed by atoms with Crippen LogP contribution in [0.25, 0.3) is 11.3 Å². The molecule has 2 heterocycles. The van der Waals surface area contributed by atoms with Gasteiger partial charge in [0, 0.05) is 10.9 Å². The number of anilines is 1. The number of aromatic nitrogens is 1. The second-order valence-corrected chi connectivity index (χ2v) is 6.54. The summed E-state index contributed by atoms with van der Waals surface area (Å²) in [6.07, 6.45) is 0.350. The molecule has 1 aromatic carbocycles. The van der Waals surface area contributed by atoms with E-state index in [1.165, 1.54) is 11.3 Å². The molecule has 3 rings (SSSR count). The van der Waals surface area contributed by atoms with Gasteiger partial charge in [0.15, 0.2) is 11.7 Å². The van der Waals surface area contributed by atoms with Crippen molar-refractivity contribution in [1.29, 1.82) is 5.26 Å². The highest BCUT2D eigenvalue weighted by atomic mass is 32.1. The molecule has 0 aliphatic carbocycles. The van der Waals surface area contributed by atoms with Crippen molar-refractivity contribution in [2.24, 2.45) is 0 Å². The molecule has 0 saturated carbocycles. The maximum absolute atomic E-state index is 12.0. The summed E-state index contributed by atoms with van der Waals surface area (Å²) in [7, 11) is 0. The Morgan fingerprint density at radius 2 is 2.12 bits per heavy atom. The fraction of sp³-hybridized carbons (Fsp3) is 0.211. The van der Waals surface area contributed by atoms with Crippen LogP contribution >= 0.6 is 11.3 Å². The summed E-state index contributed by atoms with van der Waals surface area (Å²) in [6.45, 7) is 3.65. The van der Waals surface area contributed by atoms with Gasteiger partial charge >= 0.3 is 0 Å². The van der Waals surface area contributed by atoms with Gasteiger partial charge in [0.25, 0.3) is 5.91 Å². The molecule has 0 saturated heterocycles. The number of nitrogens with zero attached hydrogens (tertiary/aromatic N) is 2. The van der Waals surface area contributed by atoms with E-state index in [4.69, 9.17) is 14.4 Å². The van der Waals surface area contributed by atoms with Crippen LogP contribution in [-0.4, -0.2) is 17.5 Å². The molecule has 3 aromatic rings. The lowest BCUT2D eigenvalue weighted by Crippen LogP contribution is -2.20. The second kappa shape index (κ2) is 7.85. The third kappa shape index (κ3) is 4.29. The largest absolute Gasteiger partial charge is 0.484 e. The number of furan rings is 1. The van der Waals surface area contributed by atoms with Crippen LogP contribution in [0.4, 0.5) is 5.13 Å². The van der Waals surface area contributed by atoms with E-state index in [0.717, 1.165) is 28.3 Å². The van der Waals surface area contributed by atoms with Gasteiger partial charge in [-0.05, 0) is 37.6 Å². The number of ether oxygens (including phenoxy) is 1. The van der Waals surface area contributed by atoms with Crippen LogP contribution in [0.1, 0.15) is 17.1 Å². The maximum atomic E-state index is 12.0. The van der Waals surface area contributed by atoms with E-state index < -0.39 is 0 Å². The number of amides is 1. The molecule has 0 aliphatic rings. The molecule has 132 valence electrons. The number of benzene rings is 1. The van der Waals surface area contributed by atoms with Crippen molar-refractivity contribution in [2.45, 2.75) is 20.3 Å². The van der Waals surface area contributed by atoms with Crippen molar-refractivity contribution in [1.82, 2.24) is 4.98 Å². The fourth-order valence-electron chi connectivity index (χ4n) is 2.44. The minimum Gasteiger partial charge on any atom is -0.484 e. The van der Waals surface area contributed by atoms with E-state index in [9.17, 15) is 4.79 Å². The molecular weight excluding hydrogens is 350 g/mol. The molecule has 0 unspecified atom stereocenters. The van der Waals surface area contributed by atoms with Gasteiger partial charge in [-0.1, -0.05) is 12.1 Å². The van der Waals surface area contributed by atoms with Crippen molar-refractivity contribution in [3.05, 3.63) is 52.8 Å². The monoisotopic (exact) mass is 367 g/mol. The van der Waals surface area contributed by atoms with Crippen LogP contribution in [0.2, 0.25) is 0 Å². The lowest BCUT2D eigenvalue weighted by atomic mass is 10.2. The summed E-state index contributed by atoms with van der Waals surface area (Å²) >= 11 is 1.35. The predicted octanol–water partition coefficient (Wildman–Crippen LogP) is 4.10. The summed E-state index contributed by atoms with van der Waals surface area (Å²) in [4.78, 5) is 16.5. The Hall–Kier alpha value is -3.11. The van der Waals surface area contributed by atoms with Crippen LogP contribution < -0.4 is 10.1 Å². The fourth-order valence-corrected chi connectivity index (χ4v) is 3.17. The van der Waals surface area contributed by atoms with Crippen LogP contribution in [0.3, 0.4) is 0 Å². The van der Waals surface area contributed by atoms with Crippen molar-refractivity contribution >= 4 is 22.4 Å². The third-order valence-corrected chi connectivity index (χ3v) is 4.40. The Morgan fingerprint density at radius 1 is 1.35 bits per heavy atom. The molecule has 0 spiro atoms. The minimum atomic E-state index is -0.285. The highest BCUT2D eigenvalue weighted by Gasteiger charge is 2.13. The van der Waals surface area contributed by atoms with Crippen LogP contribution in [-0.2, 0) is 11.2 Å². The molecule has 1 amide bonds. The van der Waals surface area contributed by atoms with E-state index in [1.807, 2.05) is 25.3 Å². The Bertz CT molecular complexity index is 951. The van der Waals surface area contributed by atoms with E-state index in [-0.39, 0.29) is 12.5 Å². The van der Waals surface area contributed by atoms with E-state index in [2.05, 4.69) is 16.4 Å². The molecule has 0 radical (unpaired) electrons. The molecule has 0 aliphatic heterocycles. The average molecular weight is 367 g/mol. The quantitative estimate of drug-likeness (QED) is 0.708. The number of hydrogen-bond acceptors (Lipinski definition) is 6. The van der Waals surface area contributed by atoms with Crippen LogP contribution in [0, 0.1) is 25.2 Å².